The summed E-state index contributed by atoms with van der Waals surface area (Å²) in [5.74, 6) is 0.179. The molecular weight excluding hydrogens is 350 g/mol. The zero-order valence-electron chi connectivity index (χ0n) is 14.8. The number of fused-ring (bicyclic) bond motifs is 3. The number of amides is 1. The van der Waals surface area contributed by atoms with Gasteiger partial charge in [0.1, 0.15) is 11.2 Å². The third-order valence-corrected chi connectivity index (χ3v) is 4.59. The lowest BCUT2D eigenvalue weighted by Gasteiger charge is -2.08. The summed E-state index contributed by atoms with van der Waals surface area (Å²) < 4.78 is 6.01. The number of anilines is 1. The Morgan fingerprint density at radius 1 is 0.857 bits per heavy atom. The summed E-state index contributed by atoms with van der Waals surface area (Å²) in [7, 11) is 0. The van der Waals surface area contributed by atoms with E-state index in [9.17, 15) is 4.79 Å². The number of benzene rings is 3. The van der Waals surface area contributed by atoms with E-state index >= 15 is 0 Å². The zero-order valence-corrected chi connectivity index (χ0v) is 14.8. The summed E-state index contributed by atoms with van der Waals surface area (Å²) in [4.78, 5) is 21.3. The minimum Gasteiger partial charge on any atom is -0.436 e. The molecule has 0 atom stereocenters. The molecule has 1 amide bonds. The fourth-order valence-corrected chi connectivity index (χ4v) is 3.24. The number of aromatic nitrogens is 2. The normalized spacial score (nSPS) is 11.0. The maximum Gasteiger partial charge on any atom is 0.274 e. The highest BCUT2D eigenvalue weighted by Crippen LogP contribution is 2.33. The molecule has 0 unspecified atom stereocenters. The van der Waals surface area contributed by atoms with E-state index in [1.165, 1.54) is 0 Å². The molecule has 0 saturated carbocycles. The van der Waals surface area contributed by atoms with Gasteiger partial charge in [-0.3, -0.25) is 9.78 Å². The first-order valence-electron chi connectivity index (χ1n) is 8.90. The van der Waals surface area contributed by atoms with E-state index in [1.54, 1.807) is 24.4 Å². The number of oxazole rings is 1. The van der Waals surface area contributed by atoms with Gasteiger partial charge in [0.05, 0.1) is 11.3 Å². The fraction of sp³-hybridized carbons (Fsp3) is 0. The van der Waals surface area contributed by atoms with Crippen molar-refractivity contribution in [2.24, 2.45) is 0 Å². The van der Waals surface area contributed by atoms with Gasteiger partial charge >= 0.3 is 0 Å². The Morgan fingerprint density at radius 3 is 2.57 bits per heavy atom. The molecule has 0 spiro atoms. The van der Waals surface area contributed by atoms with Crippen LogP contribution in [0.15, 0.2) is 89.5 Å². The van der Waals surface area contributed by atoms with Crippen molar-refractivity contribution in [3.8, 4) is 11.5 Å². The van der Waals surface area contributed by atoms with Crippen molar-refractivity contribution in [3.63, 3.8) is 0 Å². The van der Waals surface area contributed by atoms with Gasteiger partial charge in [0.15, 0.2) is 5.58 Å². The van der Waals surface area contributed by atoms with Crippen molar-refractivity contribution in [1.29, 1.82) is 0 Å². The molecular formula is C23H15N3O2. The molecule has 0 bridgehead atoms. The highest BCUT2D eigenvalue weighted by atomic mass is 16.3. The van der Waals surface area contributed by atoms with E-state index in [2.05, 4.69) is 10.3 Å². The van der Waals surface area contributed by atoms with Crippen molar-refractivity contribution in [3.05, 3.63) is 90.8 Å². The maximum absolute atomic E-state index is 12.5. The minimum absolute atomic E-state index is 0.283. The number of pyridine rings is 1. The van der Waals surface area contributed by atoms with E-state index in [4.69, 9.17) is 9.40 Å². The number of rotatable bonds is 3. The molecule has 5 aromatic rings. The van der Waals surface area contributed by atoms with Crippen LogP contribution in [0, 0.1) is 0 Å². The van der Waals surface area contributed by atoms with Crippen LogP contribution in [0.3, 0.4) is 0 Å². The van der Waals surface area contributed by atoms with Crippen LogP contribution >= 0.6 is 0 Å². The average molecular weight is 365 g/mol. The summed E-state index contributed by atoms with van der Waals surface area (Å²) in [6.07, 6.45) is 1.59. The summed E-state index contributed by atoms with van der Waals surface area (Å²) in [6, 6.07) is 24.7. The Labute approximate surface area is 160 Å². The first kappa shape index (κ1) is 16.2. The zero-order chi connectivity index (χ0) is 18.9. The van der Waals surface area contributed by atoms with Crippen molar-refractivity contribution >= 4 is 33.5 Å². The van der Waals surface area contributed by atoms with Gasteiger partial charge in [-0.1, -0.05) is 48.5 Å². The highest BCUT2D eigenvalue weighted by molar-refractivity contribution is 6.06. The number of hydrogen-bond acceptors (Lipinski definition) is 4. The van der Waals surface area contributed by atoms with Gasteiger partial charge in [-0.15, -0.1) is 0 Å². The maximum atomic E-state index is 12.5. The smallest absolute Gasteiger partial charge is 0.274 e. The molecule has 2 heterocycles. The highest BCUT2D eigenvalue weighted by Gasteiger charge is 2.16. The summed E-state index contributed by atoms with van der Waals surface area (Å²) in [5.41, 5.74) is 3.19. The van der Waals surface area contributed by atoms with Crippen LogP contribution in [0.25, 0.3) is 33.3 Å². The molecule has 134 valence electrons. The second kappa shape index (κ2) is 6.63. The van der Waals surface area contributed by atoms with Crippen molar-refractivity contribution < 1.29 is 9.21 Å². The SMILES string of the molecule is O=C(Nc1ccccc1-c1nc2c(ccc3ccccc32)o1)c1ccccn1. The number of carbonyl (C=O) groups excluding carboxylic acids is 1. The third kappa shape index (κ3) is 2.79. The van der Waals surface area contributed by atoms with Crippen LogP contribution < -0.4 is 5.32 Å². The number of para-hydroxylation sites is 1. The van der Waals surface area contributed by atoms with E-state index in [1.807, 2.05) is 60.7 Å². The van der Waals surface area contributed by atoms with Gasteiger partial charge < -0.3 is 9.73 Å². The van der Waals surface area contributed by atoms with Gasteiger partial charge in [-0.25, -0.2) is 4.98 Å². The molecule has 0 aliphatic rings. The van der Waals surface area contributed by atoms with Crippen LogP contribution in [0.5, 0.6) is 0 Å². The first-order chi connectivity index (χ1) is 13.8. The van der Waals surface area contributed by atoms with Crippen LogP contribution in [0.2, 0.25) is 0 Å². The summed E-state index contributed by atoms with van der Waals surface area (Å²) >= 11 is 0. The van der Waals surface area contributed by atoms with Crippen LogP contribution in [0.4, 0.5) is 5.69 Å². The van der Waals surface area contributed by atoms with Crippen molar-refractivity contribution in [2.75, 3.05) is 5.32 Å². The molecule has 0 aliphatic carbocycles. The Kier molecular flexibility index (Phi) is 3.84. The Bertz CT molecular complexity index is 1310. The second-order valence-corrected chi connectivity index (χ2v) is 6.37. The quantitative estimate of drug-likeness (QED) is 0.471. The number of nitrogens with zero attached hydrogens (tertiary/aromatic N) is 2. The number of nitrogens with one attached hydrogen (secondary N) is 1. The summed E-state index contributed by atoms with van der Waals surface area (Å²) in [5, 5.41) is 5.04. The third-order valence-electron chi connectivity index (χ3n) is 4.59. The minimum atomic E-state index is -0.283. The van der Waals surface area contributed by atoms with Gasteiger partial charge in [-0.05, 0) is 35.7 Å². The molecule has 5 heteroatoms. The molecule has 2 aromatic heterocycles. The Hall–Kier alpha value is -3.99. The Morgan fingerprint density at radius 2 is 1.68 bits per heavy atom. The Balaban J connectivity index is 1.59. The van der Waals surface area contributed by atoms with Gasteiger partial charge in [0, 0.05) is 11.6 Å². The fourth-order valence-electron chi connectivity index (χ4n) is 3.24. The molecule has 5 nitrogen and oxygen atoms in total. The van der Waals surface area contributed by atoms with E-state index in [0.29, 0.717) is 28.4 Å². The molecule has 0 radical (unpaired) electrons. The lowest BCUT2D eigenvalue weighted by molar-refractivity contribution is 0.102. The van der Waals surface area contributed by atoms with Crippen molar-refractivity contribution in [2.45, 2.75) is 0 Å². The standard InChI is InChI=1S/C23H15N3O2/c27-22(19-11-5-6-14-24-19)25-18-10-4-3-9-17(18)23-26-21-16-8-2-1-7-15(16)12-13-20(21)28-23/h1-14H,(H,25,27). The second-order valence-electron chi connectivity index (χ2n) is 6.37. The van der Waals surface area contributed by atoms with Crippen LogP contribution in [-0.2, 0) is 0 Å². The molecule has 0 aliphatic heterocycles. The van der Waals surface area contributed by atoms with Crippen LogP contribution in [0.1, 0.15) is 10.5 Å². The van der Waals surface area contributed by atoms with Crippen molar-refractivity contribution in [1.82, 2.24) is 9.97 Å². The molecule has 5 rings (SSSR count). The average Bonchev–Trinajstić information content (AvgIpc) is 3.19. The predicted molar refractivity (Wildman–Crippen MR) is 109 cm³/mol. The topological polar surface area (TPSA) is 68.0 Å². The molecule has 0 fully saturated rings. The largest absolute Gasteiger partial charge is 0.436 e. The van der Waals surface area contributed by atoms with Gasteiger partial charge in [-0.2, -0.15) is 0 Å². The van der Waals surface area contributed by atoms with E-state index in [0.717, 1.165) is 16.3 Å². The van der Waals surface area contributed by atoms with Gasteiger partial charge in [0.2, 0.25) is 5.89 Å². The number of carbonyl (C=O) groups is 1. The number of hydrogen-bond donors (Lipinski definition) is 1. The monoisotopic (exact) mass is 365 g/mol. The van der Waals surface area contributed by atoms with Crippen LogP contribution in [-0.4, -0.2) is 15.9 Å². The molecule has 1 N–H and O–H groups in total. The molecule has 0 saturated heterocycles. The van der Waals surface area contributed by atoms with Gasteiger partial charge in [0.25, 0.3) is 5.91 Å². The van der Waals surface area contributed by atoms with E-state index < -0.39 is 0 Å². The molecule has 28 heavy (non-hydrogen) atoms. The molecule has 3 aromatic carbocycles. The lowest BCUT2D eigenvalue weighted by atomic mass is 10.1. The first-order valence-corrected chi connectivity index (χ1v) is 8.90. The predicted octanol–water partition coefficient (Wildman–Crippen LogP) is 5.30. The summed E-state index contributed by atoms with van der Waals surface area (Å²) in [6.45, 7) is 0. The van der Waals surface area contributed by atoms with E-state index in [-0.39, 0.29) is 5.91 Å². The lowest BCUT2D eigenvalue weighted by Crippen LogP contribution is -2.13.